The van der Waals surface area contributed by atoms with Crippen LogP contribution < -0.4 is 24.3 Å². The fourth-order valence-electron chi connectivity index (χ4n) is 3.06. The third-order valence-electron chi connectivity index (χ3n) is 4.69. The third-order valence-corrected chi connectivity index (χ3v) is 5.40. The molecule has 0 saturated carbocycles. The maximum Gasteiger partial charge on any atom is 0.248 e. The van der Waals surface area contributed by atoms with Gasteiger partial charge in [0.05, 0.1) is 7.11 Å². The van der Waals surface area contributed by atoms with Crippen molar-refractivity contribution in [1.29, 1.82) is 0 Å². The summed E-state index contributed by atoms with van der Waals surface area (Å²) in [4.78, 5) is 12.3. The Morgan fingerprint density at radius 2 is 1.81 bits per heavy atom. The first-order chi connectivity index (χ1) is 15.5. The van der Waals surface area contributed by atoms with Gasteiger partial charge in [0.15, 0.2) is 23.0 Å². The van der Waals surface area contributed by atoms with Crippen LogP contribution in [0.15, 0.2) is 60.7 Å². The summed E-state index contributed by atoms with van der Waals surface area (Å²) in [5, 5.41) is 3.85. The lowest BCUT2D eigenvalue weighted by molar-refractivity contribution is -0.111. The molecule has 0 aromatic heterocycles. The molecule has 0 bridgehead atoms. The van der Waals surface area contributed by atoms with Crippen LogP contribution in [0.4, 0.5) is 5.69 Å². The Morgan fingerprint density at radius 3 is 2.59 bits per heavy atom. The average molecular weight is 472 g/mol. The second kappa shape index (κ2) is 9.85. The van der Waals surface area contributed by atoms with Crippen LogP contribution >= 0.6 is 23.2 Å². The van der Waals surface area contributed by atoms with E-state index in [0.29, 0.717) is 44.3 Å². The molecule has 3 aromatic carbocycles. The molecule has 1 amide bonds. The summed E-state index contributed by atoms with van der Waals surface area (Å²) in [6, 6.07) is 15.9. The number of amides is 1. The highest BCUT2D eigenvalue weighted by Crippen LogP contribution is 2.34. The molecule has 164 valence electrons. The van der Waals surface area contributed by atoms with Crippen molar-refractivity contribution in [3.63, 3.8) is 0 Å². The second-order valence-electron chi connectivity index (χ2n) is 6.79. The van der Waals surface area contributed by atoms with Crippen molar-refractivity contribution < 1.29 is 23.7 Å². The molecule has 0 aliphatic carbocycles. The molecule has 1 N–H and O–H groups in total. The van der Waals surface area contributed by atoms with Gasteiger partial charge in [-0.1, -0.05) is 35.3 Å². The minimum atomic E-state index is -0.281. The highest BCUT2D eigenvalue weighted by atomic mass is 35.5. The van der Waals surface area contributed by atoms with Crippen LogP contribution in [0.1, 0.15) is 11.1 Å². The first-order valence-corrected chi connectivity index (χ1v) is 10.4. The topological polar surface area (TPSA) is 66.0 Å². The lowest BCUT2D eigenvalue weighted by atomic mass is 10.2. The lowest BCUT2D eigenvalue weighted by Gasteiger charge is -2.13. The molecule has 6 nitrogen and oxygen atoms in total. The number of anilines is 1. The van der Waals surface area contributed by atoms with Gasteiger partial charge < -0.3 is 24.3 Å². The van der Waals surface area contributed by atoms with Crippen molar-refractivity contribution in [2.24, 2.45) is 0 Å². The molecule has 8 heteroatoms. The molecule has 0 saturated heterocycles. The molecule has 0 radical (unpaired) electrons. The van der Waals surface area contributed by atoms with Crippen molar-refractivity contribution in [3.8, 4) is 23.0 Å². The first kappa shape index (κ1) is 21.9. The molecule has 1 aliphatic heterocycles. The van der Waals surface area contributed by atoms with Crippen molar-refractivity contribution in [2.75, 3.05) is 19.2 Å². The first-order valence-electron chi connectivity index (χ1n) is 9.66. The van der Waals surface area contributed by atoms with Crippen molar-refractivity contribution in [2.45, 2.75) is 6.61 Å². The number of ether oxygens (including phenoxy) is 4. The SMILES string of the molecule is COc1cc(C=CC(=O)Nc2ccc3c(c2)OCO3)ccc1OCc1c(Cl)cccc1Cl. The predicted octanol–water partition coefficient (Wildman–Crippen LogP) is 5.96. The van der Waals surface area contributed by atoms with Gasteiger partial charge in [0, 0.05) is 33.4 Å². The van der Waals surface area contributed by atoms with E-state index in [9.17, 15) is 4.79 Å². The number of hydrogen-bond donors (Lipinski definition) is 1. The third kappa shape index (κ3) is 5.10. The van der Waals surface area contributed by atoms with Crippen LogP contribution in [-0.2, 0) is 11.4 Å². The largest absolute Gasteiger partial charge is 0.493 e. The summed E-state index contributed by atoms with van der Waals surface area (Å²) in [6.45, 7) is 0.377. The monoisotopic (exact) mass is 471 g/mol. The Bertz CT molecular complexity index is 1160. The zero-order chi connectivity index (χ0) is 22.5. The maximum absolute atomic E-state index is 12.3. The van der Waals surface area contributed by atoms with E-state index in [1.807, 2.05) is 6.07 Å². The summed E-state index contributed by atoms with van der Waals surface area (Å²) >= 11 is 12.4. The molecular formula is C24H19Cl2NO5. The summed E-state index contributed by atoms with van der Waals surface area (Å²) in [6.07, 6.45) is 3.11. The number of nitrogens with one attached hydrogen (secondary N) is 1. The number of methoxy groups -OCH3 is 1. The van der Waals surface area contributed by atoms with E-state index in [1.54, 1.807) is 61.7 Å². The van der Waals surface area contributed by atoms with E-state index >= 15 is 0 Å². The van der Waals surface area contributed by atoms with Gasteiger partial charge in [-0.15, -0.1) is 0 Å². The molecular weight excluding hydrogens is 453 g/mol. The quantitative estimate of drug-likeness (QED) is 0.430. The number of halogens is 2. The molecule has 0 unspecified atom stereocenters. The van der Waals surface area contributed by atoms with Crippen LogP contribution in [0, 0.1) is 0 Å². The predicted molar refractivity (Wildman–Crippen MR) is 124 cm³/mol. The highest BCUT2D eigenvalue weighted by Gasteiger charge is 2.14. The number of benzene rings is 3. The Balaban J connectivity index is 1.40. The maximum atomic E-state index is 12.3. The Hall–Kier alpha value is -3.35. The second-order valence-corrected chi connectivity index (χ2v) is 7.60. The molecule has 1 heterocycles. The van der Waals surface area contributed by atoms with Gasteiger partial charge >= 0.3 is 0 Å². The minimum Gasteiger partial charge on any atom is -0.493 e. The van der Waals surface area contributed by atoms with Crippen LogP contribution in [0.2, 0.25) is 10.0 Å². The van der Waals surface area contributed by atoms with E-state index in [-0.39, 0.29) is 19.3 Å². The Labute approximate surface area is 195 Å². The summed E-state index contributed by atoms with van der Waals surface area (Å²) in [5.41, 5.74) is 2.08. The van der Waals surface area contributed by atoms with Gasteiger partial charge in [-0.25, -0.2) is 0 Å². The fourth-order valence-corrected chi connectivity index (χ4v) is 3.56. The van der Waals surface area contributed by atoms with Gasteiger partial charge in [0.2, 0.25) is 12.7 Å². The average Bonchev–Trinajstić information content (AvgIpc) is 3.25. The van der Waals surface area contributed by atoms with Crippen LogP contribution in [0.5, 0.6) is 23.0 Å². The smallest absolute Gasteiger partial charge is 0.248 e. The summed E-state index contributed by atoms with van der Waals surface area (Å²) < 4.78 is 21.9. The van der Waals surface area contributed by atoms with Crippen LogP contribution in [0.25, 0.3) is 6.08 Å². The standard InChI is InChI=1S/C24H19Cl2NO5/c1-29-22-11-15(5-8-20(22)30-13-17-18(25)3-2-4-19(17)26)6-10-24(28)27-16-7-9-21-23(12-16)32-14-31-21/h2-12H,13-14H2,1H3,(H,27,28). The van der Waals surface area contributed by atoms with Crippen molar-refractivity contribution in [3.05, 3.63) is 81.8 Å². The molecule has 4 rings (SSSR count). The lowest BCUT2D eigenvalue weighted by Crippen LogP contribution is -2.07. The van der Waals surface area contributed by atoms with Gasteiger partial charge in [-0.2, -0.15) is 0 Å². The van der Waals surface area contributed by atoms with Gasteiger partial charge in [-0.3, -0.25) is 4.79 Å². The van der Waals surface area contributed by atoms with E-state index in [4.69, 9.17) is 42.1 Å². The van der Waals surface area contributed by atoms with Crippen LogP contribution in [-0.4, -0.2) is 19.8 Å². The Morgan fingerprint density at radius 1 is 1.03 bits per heavy atom. The molecule has 1 aliphatic rings. The fraction of sp³-hybridized carbons (Fsp3) is 0.125. The van der Waals surface area contributed by atoms with Gasteiger partial charge in [0.25, 0.3) is 0 Å². The van der Waals surface area contributed by atoms with Crippen LogP contribution in [0.3, 0.4) is 0 Å². The summed E-state index contributed by atoms with van der Waals surface area (Å²) in [7, 11) is 1.55. The molecule has 3 aromatic rings. The van der Waals surface area contributed by atoms with Crippen molar-refractivity contribution >= 4 is 40.9 Å². The number of hydrogen-bond acceptors (Lipinski definition) is 5. The zero-order valence-corrected chi connectivity index (χ0v) is 18.6. The zero-order valence-electron chi connectivity index (χ0n) is 17.1. The molecule has 0 fully saturated rings. The number of carbonyl (C=O) groups excluding carboxylic acids is 1. The van der Waals surface area contributed by atoms with Gasteiger partial charge in [0.1, 0.15) is 6.61 Å². The van der Waals surface area contributed by atoms with E-state index in [0.717, 1.165) is 5.56 Å². The normalized spacial score (nSPS) is 12.1. The van der Waals surface area contributed by atoms with Crippen molar-refractivity contribution in [1.82, 2.24) is 0 Å². The van der Waals surface area contributed by atoms with E-state index in [1.165, 1.54) is 6.08 Å². The highest BCUT2D eigenvalue weighted by molar-refractivity contribution is 6.35. The molecule has 0 spiro atoms. The van der Waals surface area contributed by atoms with E-state index < -0.39 is 0 Å². The number of fused-ring (bicyclic) bond motifs is 1. The number of rotatable bonds is 7. The summed E-state index contributed by atoms with van der Waals surface area (Å²) in [5.74, 6) is 2.03. The Kier molecular flexibility index (Phi) is 6.73. The number of carbonyl (C=O) groups is 1. The molecule has 32 heavy (non-hydrogen) atoms. The van der Waals surface area contributed by atoms with Gasteiger partial charge in [-0.05, 0) is 48.0 Å². The van der Waals surface area contributed by atoms with E-state index in [2.05, 4.69) is 5.32 Å². The minimum absolute atomic E-state index is 0.180. The molecule has 0 atom stereocenters.